The number of esters is 2. The summed E-state index contributed by atoms with van der Waals surface area (Å²) in [6, 6.07) is 11.6. The average Bonchev–Trinajstić information content (AvgIpc) is 2.84. The van der Waals surface area contributed by atoms with Crippen molar-refractivity contribution in [1.82, 2.24) is 5.32 Å². The van der Waals surface area contributed by atoms with Crippen molar-refractivity contribution in [2.24, 2.45) is 0 Å². The van der Waals surface area contributed by atoms with E-state index >= 15 is 0 Å². The smallest absolute Gasteiger partial charge is 0.336 e. The summed E-state index contributed by atoms with van der Waals surface area (Å²) in [5.41, 5.74) is 2.61. The fourth-order valence-electron chi connectivity index (χ4n) is 4.07. The van der Waals surface area contributed by atoms with E-state index in [0.29, 0.717) is 22.6 Å². The minimum Gasteiger partial charge on any atom is -0.463 e. The number of anilines is 2. The average molecular weight is 509 g/mol. The lowest BCUT2D eigenvalue weighted by molar-refractivity contribution is -0.384. The van der Waals surface area contributed by atoms with Crippen LogP contribution in [-0.4, -0.2) is 36.1 Å². The lowest BCUT2D eigenvalue weighted by Gasteiger charge is -2.30. The number of carbonyl (C=O) groups is 3. The molecule has 0 fully saturated rings. The molecule has 1 heterocycles. The lowest BCUT2D eigenvalue weighted by Crippen LogP contribution is -2.32. The molecule has 0 bridgehead atoms. The van der Waals surface area contributed by atoms with Crippen LogP contribution in [0.3, 0.4) is 0 Å². The van der Waals surface area contributed by atoms with E-state index in [9.17, 15) is 24.5 Å². The molecular weight excluding hydrogens is 480 g/mol. The molecule has 1 aliphatic rings. The number of nitro benzene ring substituents is 1. The van der Waals surface area contributed by atoms with E-state index < -0.39 is 28.8 Å². The second-order valence-electron chi connectivity index (χ2n) is 8.09. The Morgan fingerprint density at radius 3 is 1.92 bits per heavy atom. The van der Waals surface area contributed by atoms with Crippen LogP contribution < -0.4 is 16.0 Å². The standard InChI is InChI=1S/C26H28N4O7/c1-5-36-24(31)21-15(3)27-16(4)22(25(32)37-6-2)23(21)17-9-7-10-18(13-17)28-26(33)29-19-11-8-12-20(14-19)30(34)35/h7-14,23,27H,5-6H2,1-4H3,(H2,28,29,33). The lowest BCUT2D eigenvalue weighted by atomic mass is 9.80. The minimum absolute atomic E-state index is 0.152. The van der Waals surface area contributed by atoms with E-state index in [2.05, 4.69) is 16.0 Å². The van der Waals surface area contributed by atoms with Gasteiger partial charge in [-0.25, -0.2) is 14.4 Å². The molecule has 0 aliphatic carbocycles. The van der Waals surface area contributed by atoms with Crippen LogP contribution in [0, 0.1) is 10.1 Å². The molecule has 3 N–H and O–H groups in total. The summed E-state index contributed by atoms with van der Waals surface area (Å²) in [5, 5.41) is 19.3. The molecule has 2 amide bonds. The van der Waals surface area contributed by atoms with Crippen molar-refractivity contribution >= 4 is 35.0 Å². The van der Waals surface area contributed by atoms with Crippen LogP contribution in [0.2, 0.25) is 0 Å². The number of nitro groups is 1. The van der Waals surface area contributed by atoms with E-state index in [1.165, 1.54) is 24.3 Å². The number of ether oxygens (including phenoxy) is 2. The Labute approximate surface area is 213 Å². The van der Waals surface area contributed by atoms with Gasteiger partial charge in [0.15, 0.2) is 0 Å². The number of nitrogens with one attached hydrogen (secondary N) is 3. The molecule has 11 nitrogen and oxygen atoms in total. The molecule has 194 valence electrons. The van der Waals surface area contributed by atoms with Crippen LogP contribution in [0.5, 0.6) is 0 Å². The number of amides is 2. The first-order valence-electron chi connectivity index (χ1n) is 11.6. The Balaban J connectivity index is 1.95. The van der Waals surface area contributed by atoms with Gasteiger partial charge < -0.3 is 25.4 Å². The molecule has 0 saturated carbocycles. The predicted octanol–water partition coefficient (Wildman–Crippen LogP) is 4.60. The van der Waals surface area contributed by atoms with Gasteiger partial charge in [0.2, 0.25) is 0 Å². The van der Waals surface area contributed by atoms with Gasteiger partial charge in [0.05, 0.1) is 35.2 Å². The number of carbonyl (C=O) groups excluding carboxylic acids is 3. The van der Waals surface area contributed by atoms with Crippen LogP contribution in [0.1, 0.15) is 39.2 Å². The molecule has 0 aromatic heterocycles. The quantitative estimate of drug-likeness (QED) is 0.266. The summed E-state index contributed by atoms with van der Waals surface area (Å²) in [6.45, 7) is 7.13. The zero-order chi connectivity index (χ0) is 27.1. The highest BCUT2D eigenvalue weighted by Gasteiger charge is 2.38. The largest absolute Gasteiger partial charge is 0.463 e. The van der Waals surface area contributed by atoms with Crippen molar-refractivity contribution in [3.8, 4) is 0 Å². The van der Waals surface area contributed by atoms with Crippen molar-refractivity contribution < 1.29 is 28.8 Å². The monoisotopic (exact) mass is 508 g/mol. The first-order valence-corrected chi connectivity index (χ1v) is 11.6. The van der Waals surface area contributed by atoms with Crippen molar-refractivity contribution in [3.05, 3.63) is 86.7 Å². The number of non-ortho nitro benzene ring substituents is 1. The van der Waals surface area contributed by atoms with Gasteiger partial charge in [0.25, 0.3) is 5.69 Å². The Kier molecular flexibility index (Phi) is 8.62. The van der Waals surface area contributed by atoms with Crippen molar-refractivity contribution in [1.29, 1.82) is 0 Å². The number of allylic oxidation sites excluding steroid dienone is 2. The topological polar surface area (TPSA) is 149 Å². The summed E-state index contributed by atoms with van der Waals surface area (Å²) in [5.74, 6) is -1.96. The summed E-state index contributed by atoms with van der Waals surface area (Å²) < 4.78 is 10.6. The Bertz CT molecular complexity index is 1260. The molecule has 0 atom stereocenters. The first kappa shape index (κ1) is 26.9. The molecule has 0 radical (unpaired) electrons. The van der Waals surface area contributed by atoms with Crippen LogP contribution >= 0.6 is 0 Å². The van der Waals surface area contributed by atoms with Crippen LogP contribution in [0.15, 0.2) is 71.1 Å². The molecule has 0 unspecified atom stereocenters. The third-order valence-corrected chi connectivity index (χ3v) is 5.54. The van der Waals surface area contributed by atoms with E-state index in [1.807, 2.05) is 0 Å². The summed E-state index contributed by atoms with van der Waals surface area (Å²) in [7, 11) is 0. The van der Waals surface area contributed by atoms with Crippen molar-refractivity contribution in [2.45, 2.75) is 33.6 Å². The minimum atomic E-state index is -0.805. The van der Waals surface area contributed by atoms with E-state index in [0.717, 1.165) is 0 Å². The second kappa shape index (κ2) is 11.8. The Morgan fingerprint density at radius 2 is 1.41 bits per heavy atom. The maximum Gasteiger partial charge on any atom is 0.336 e. The highest BCUT2D eigenvalue weighted by atomic mass is 16.6. The van der Waals surface area contributed by atoms with E-state index in [1.54, 1.807) is 52.0 Å². The molecule has 0 saturated heterocycles. The summed E-state index contributed by atoms with van der Waals surface area (Å²) >= 11 is 0. The predicted molar refractivity (Wildman–Crippen MR) is 137 cm³/mol. The van der Waals surface area contributed by atoms with Gasteiger partial charge in [-0.2, -0.15) is 0 Å². The number of dihydropyridines is 1. The Morgan fingerprint density at radius 1 is 0.892 bits per heavy atom. The fraction of sp³-hybridized carbons (Fsp3) is 0.269. The number of nitrogens with zero attached hydrogens (tertiary/aromatic N) is 1. The number of hydrogen-bond acceptors (Lipinski definition) is 8. The highest BCUT2D eigenvalue weighted by molar-refractivity contribution is 6.01. The van der Waals surface area contributed by atoms with Gasteiger partial charge in [0, 0.05) is 34.9 Å². The molecule has 2 aromatic carbocycles. The maximum atomic E-state index is 12.9. The van der Waals surface area contributed by atoms with Crippen LogP contribution in [0.4, 0.5) is 21.9 Å². The molecule has 3 rings (SSSR count). The van der Waals surface area contributed by atoms with E-state index in [-0.39, 0.29) is 35.7 Å². The van der Waals surface area contributed by atoms with Gasteiger partial charge in [0.1, 0.15) is 0 Å². The number of rotatable bonds is 8. The van der Waals surface area contributed by atoms with Gasteiger partial charge in [-0.05, 0) is 51.5 Å². The summed E-state index contributed by atoms with van der Waals surface area (Å²) in [6.07, 6.45) is 0. The SMILES string of the molecule is CCOC(=O)C1=C(C)NC(C)=C(C(=O)OCC)C1c1cccc(NC(=O)Nc2cccc([N+](=O)[O-])c2)c1. The van der Waals surface area contributed by atoms with Gasteiger partial charge in [-0.1, -0.05) is 18.2 Å². The van der Waals surface area contributed by atoms with E-state index in [4.69, 9.17) is 9.47 Å². The van der Waals surface area contributed by atoms with Gasteiger partial charge in [-0.3, -0.25) is 10.1 Å². The molecule has 11 heteroatoms. The van der Waals surface area contributed by atoms with Crippen LogP contribution in [0.25, 0.3) is 0 Å². The second-order valence-corrected chi connectivity index (χ2v) is 8.09. The zero-order valence-electron chi connectivity index (χ0n) is 20.9. The fourth-order valence-corrected chi connectivity index (χ4v) is 4.07. The molecule has 2 aromatic rings. The summed E-state index contributed by atoms with van der Waals surface area (Å²) in [4.78, 5) is 48.9. The highest BCUT2D eigenvalue weighted by Crippen LogP contribution is 2.40. The zero-order valence-corrected chi connectivity index (χ0v) is 20.9. The Hall–Kier alpha value is -4.67. The molecule has 1 aliphatic heterocycles. The maximum absolute atomic E-state index is 12.9. The number of urea groups is 1. The van der Waals surface area contributed by atoms with Crippen LogP contribution in [-0.2, 0) is 19.1 Å². The third-order valence-electron chi connectivity index (χ3n) is 5.54. The van der Waals surface area contributed by atoms with Gasteiger partial charge >= 0.3 is 18.0 Å². The third kappa shape index (κ3) is 6.31. The first-order chi connectivity index (χ1) is 17.7. The van der Waals surface area contributed by atoms with Gasteiger partial charge in [-0.15, -0.1) is 0 Å². The molecule has 37 heavy (non-hydrogen) atoms. The van der Waals surface area contributed by atoms with Crippen molar-refractivity contribution in [2.75, 3.05) is 23.8 Å². The molecular formula is C26H28N4O7. The number of benzene rings is 2. The normalized spacial score (nSPS) is 13.5. The molecule has 0 spiro atoms. The van der Waals surface area contributed by atoms with Crippen molar-refractivity contribution in [3.63, 3.8) is 0 Å². The number of hydrogen-bond donors (Lipinski definition) is 3.